The van der Waals surface area contributed by atoms with Gasteiger partial charge in [-0.1, -0.05) is 12.7 Å². The number of aliphatic hydroxyl groups excluding tert-OH is 2. The van der Waals surface area contributed by atoms with Crippen LogP contribution in [0, 0.1) is 5.92 Å². The molecule has 1 aliphatic carbocycles. The summed E-state index contributed by atoms with van der Waals surface area (Å²) >= 11 is 0. The molecule has 4 heteroatoms. The molecule has 0 aromatic rings. The second kappa shape index (κ2) is 6.17. The fourth-order valence-corrected chi connectivity index (χ4v) is 2.62. The van der Waals surface area contributed by atoms with Gasteiger partial charge in [0.25, 0.3) is 0 Å². The molecule has 1 aliphatic heterocycles. The van der Waals surface area contributed by atoms with E-state index in [1.807, 2.05) is 12.2 Å². The zero-order valence-corrected chi connectivity index (χ0v) is 11.0. The van der Waals surface area contributed by atoms with Gasteiger partial charge in [-0.3, -0.25) is 0 Å². The van der Waals surface area contributed by atoms with E-state index in [1.54, 1.807) is 0 Å². The van der Waals surface area contributed by atoms with Crippen LogP contribution in [0.4, 0.5) is 0 Å². The maximum atomic E-state index is 11.6. The van der Waals surface area contributed by atoms with Crippen LogP contribution in [0.15, 0.2) is 35.5 Å². The Hall–Kier alpha value is -1.39. The van der Waals surface area contributed by atoms with E-state index >= 15 is 0 Å². The minimum Gasteiger partial charge on any atom is -0.454 e. The van der Waals surface area contributed by atoms with Crippen molar-refractivity contribution in [1.29, 1.82) is 0 Å². The number of fused-ring (bicyclic) bond motifs is 1. The smallest absolute Gasteiger partial charge is 0.334 e. The Morgan fingerprint density at radius 1 is 1.26 bits per heavy atom. The summed E-state index contributed by atoms with van der Waals surface area (Å²) in [6, 6.07) is 0. The molecule has 2 rings (SSSR count). The second-order valence-corrected chi connectivity index (χ2v) is 5.08. The highest BCUT2D eigenvalue weighted by Crippen LogP contribution is 2.34. The summed E-state index contributed by atoms with van der Waals surface area (Å²) < 4.78 is 5.30. The van der Waals surface area contributed by atoms with Gasteiger partial charge in [-0.2, -0.15) is 0 Å². The lowest BCUT2D eigenvalue weighted by molar-refractivity contribution is -0.137. The monoisotopic (exact) mass is 264 g/mol. The van der Waals surface area contributed by atoms with Gasteiger partial charge in [0.05, 0.1) is 13.2 Å². The number of hydrogen-bond acceptors (Lipinski definition) is 4. The molecule has 2 aliphatic rings. The van der Waals surface area contributed by atoms with Crippen LogP contribution < -0.4 is 0 Å². The van der Waals surface area contributed by atoms with Crippen LogP contribution in [-0.4, -0.2) is 35.5 Å². The Morgan fingerprint density at radius 3 is 2.68 bits per heavy atom. The van der Waals surface area contributed by atoms with Crippen molar-refractivity contribution in [3.8, 4) is 0 Å². The predicted molar refractivity (Wildman–Crippen MR) is 71.3 cm³/mol. The van der Waals surface area contributed by atoms with Crippen LogP contribution in [0.2, 0.25) is 0 Å². The molecule has 1 fully saturated rings. The van der Waals surface area contributed by atoms with Crippen molar-refractivity contribution in [2.24, 2.45) is 5.92 Å². The summed E-state index contributed by atoms with van der Waals surface area (Å²) in [5, 5.41) is 18.6. The van der Waals surface area contributed by atoms with Gasteiger partial charge in [-0.25, -0.2) is 4.79 Å². The van der Waals surface area contributed by atoms with E-state index in [-0.39, 0.29) is 31.2 Å². The van der Waals surface area contributed by atoms with Gasteiger partial charge in [-0.05, 0) is 42.9 Å². The van der Waals surface area contributed by atoms with Gasteiger partial charge in [-0.15, -0.1) is 0 Å². The van der Waals surface area contributed by atoms with Gasteiger partial charge >= 0.3 is 5.97 Å². The molecular weight excluding hydrogens is 244 g/mol. The first-order valence-corrected chi connectivity index (χ1v) is 6.64. The molecule has 0 saturated carbocycles. The van der Waals surface area contributed by atoms with E-state index in [2.05, 4.69) is 6.58 Å². The van der Waals surface area contributed by atoms with Gasteiger partial charge < -0.3 is 14.9 Å². The molecular formula is C15H20O4. The third-order valence-corrected chi connectivity index (χ3v) is 3.83. The number of ether oxygens (including phenoxy) is 1. The van der Waals surface area contributed by atoms with Gasteiger partial charge in [0, 0.05) is 11.5 Å². The Kier molecular flexibility index (Phi) is 4.56. The van der Waals surface area contributed by atoms with E-state index in [9.17, 15) is 15.0 Å². The third kappa shape index (κ3) is 3.14. The van der Waals surface area contributed by atoms with Crippen LogP contribution in [0.5, 0.6) is 0 Å². The molecule has 1 saturated heterocycles. The number of aliphatic hydroxyl groups is 2. The Labute approximate surface area is 113 Å². The van der Waals surface area contributed by atoms with E-state index in [1.165, 1.54) is 0 Å². The standard InChI is InChI=1S/C15H20O4/c1-10-13-6-5-11(8-16)3-2-4-12(9-17)7-14(13)19-15(10)18/h3,7,13-14,16-17H,1-2,4-6,8-9H2/b11-3+,12-7+. The molecule has 19 heavy (non-hydrogen) atoms. The maximum absolute atomic E-state index is 11.6. The molecule has 104 valence electrons. The molecule has 0 amide bonds. The normalized spacial score (nSPS) is 33.8. The van der Waals surface area contributed by atoms with Crippen molar-refractivity contribution in [1.82, 2.24) is 0 Å². The summed E-state index contributed by atoms with van der Waals surface area (Å²) in [7, 11) is 0. The minimum atomic E-state index is -0.350. The summed E-state index contributed by atoms with van der Waals surface area (Å²) in [6.45, 7) is 3.81. The van der Waals surface area contributed by atoms with Gasteiger partial charge in [0.15, 0.2) is 0 Å². The first-order chi connectivity index (χ1) is 9.15. The number of allylic oxidation sites excluding steroid dienone is 1. The second-order valence-electron chi connectivity index (χ2n) is 5.08. The van der Waals surface area contributed by atoms with Crippen molar-refractivity contribution >= 4 is 5.97 Å². The number of hydrogen-bond donors (Lipinski definition) is 2. The highest BCUT2D eigenvalue weighted by atomic mass is 16.5. The summed E-state index contributed by atoms with van der Waals surface area (Å²) in [5.74, 6) is -0.403. The fourth-order valence-electron chi connectivity index (χ4n) is 2.62. The van der Waals surface area contributed by atoms with Crippen molar-refractivity contribution in [2.75, 3.05) is 13.2 Å². The number of carbonyl (C=O) groups excluding carboxylic acids is 1. The minimum absolute atomic E-state index is 0.0322. The molecule has 0 bridgehead atoms. The molecule has 1 heterocycles. The molecule has 2 atom stereocenters. The van der Waals surface area contributed by atoms with Gasteiger partial charge in [0.2, 0.25) is 0 Å². The highest BCUT2D eigenvalue weighted by molar-refractivity contribution is 5.91. The quantitative estimate of drug-likeness (QED) is 0.450. The van der Waals surface area contributed by atoms with Crippen LogP contribution >= 0.6 is 0 Å². The van der Waals surface area contributed by atoms with Crippen molar-refractivity contribution in [3.05, 3.63) is 35.5 Å². The highest BCUT2D eigenvalue weighted by Gasteiger charge is 2.37. The van der Waals surface area contributed by atoms with Crippen LogP contribution in [0.1, 0.15) is 25.7 Å². The third-order valence-electron chi connectivity index (χ3n) is 3.83. The molecule has 0 aromatic carbocycles. The average Bonchev–Trinajstić information content (AvgIpc) is 2.68. The number of esters is 1. The number of carbonyl (C=O) groups is 1. The SMILES string of the molecule is C=C1C(=O)OC2/C=C(/CO)CC/C=C(/CO)CCC12. The lowest BCUT2D eigenvalue weighted by Gasteiger charge is -2.18. The molecule has 2 unspecified atom stereocenters. The summed E-state index contributed by atoms with van der Waals surface area (Å²) in [5.41, 5.74) is 2.34. The van der Waals surface area contributed by atoms with Crippen molar-refractivity contribution in [2.45, 2.75) is 31.8 Å². The Morgan fingerprint density at radius 2 is 2.00 bits per heavy atom. The topological polar surface area (TPSA) is 66.8 Å². The molecule has 0 aromatic heterocycles. The van der Waals surface area contributed by atoms with E-state index in [4.69, 9.17) is 4.74 Å². The predicted octanol–water partition coefficient (Wildman–Crippen LogP) is 1.50. The molecule has 4 nitrogen and oxygen atoms in total. The Balaban J connectivity index is 2.25. The lowest BCUT2D eigenvalue weighted by atomic mass is 9.88. The van der Waals surface area contributed by atoms with Crippen LogP contribution in [0.25, 0.3) is 0 Å². The van der Waals surface area contributed by atoms with E-state index in [0.29, 0.717) is 12.0 Å². The van der Waals surface area contributed by atoms with Crippen LogP contribution in [-0.2, 0) is 9.53 Å². The Bertz CT molecular complexity index is 433. The maximum Gasteiger partial charge on any atom is 0.334 e. The van der Waals surface area contributed by atoms with Crippen molar-refractivity contribution < 1.29 is 19.7 Å². The fraction of sp³-hybridized carbons (Fsp3) is 0.533. The summed E-state index contributed by atoms with van der Waals surface area (Å²) in [4.78, 5) is 11.6. The first kappa shape index (κ1) is 14.0. The molecule has 0 radical (unpaired) electrons. The zero-order valence-electron chi connectivity index (χ0n) is 11.0. The van der Waals surface area contributed by atoms with E-state index < -0.39 is 0 Å². The average molecular weight is 264 g/mol. The summed E-state index contributed by atoms with van der Waals surface area (Å²) in [6.07, 6.45) is 6.54. The molecule has 0 spiro atoms. The zero-order chi connectivity index (χ0) is 13.8. The number of rotatable bonds is 2. The van der Waals surface area contributed by atoms with Gasteiger partial charge in [0.1, 0.15) is 6.10 Å². The molecule has 2 N–H and O–H groups in total. The van der Waals surface area contributed by atoms with Crippen LogP contribution in [0.3, 0.4) is 0 Å². The van der Waals surface area contributed by atoms with E-state index in [0.717, 1.165) is 30.4 Å². The lowest BCUT2D eigenvalue weighted by Crippen LogP contribution is -2.16. The largest absolute Gasteiger partial charge is 0.454 e. The van der Waals surface area contributed by atoms with Crippen molar-refractivity contribution in [3.63, 3.8) is 0 Å². The first-order valence-electron chi connectivity index (χ1n) is 6.64.